The number of amides is 1. The third-order valence-corrected chi connectivity index (χ3v) is 4.63. The van der Waals surface area contributed by atoms with E-state index in [-0.39, 0.29) is 5.69 Å². The minimum absolute atomic E-state index is 0.243. The van der Waals surface area contributed by atoms with Crippen LogP contribution in [0.5, 0.6) is 0 Å². The number of benzene rings is 1. The molecule has 1 aromatic carbocycles. The molecule has 0 aliphatic heterocycles. The molecule has 6 nitrogen and oxygen atoms in total. The fourth-order valence-electron chi connectivity index (χ4n) is 2.41. The van der Waals surface area contributed by atoms with E-state index in [1.807, 2.05) is 12.1 Å². The summed E-state index contributed by atoms with van der Waals surface area (Å²) in [6.07, 6.45) is -1.69. The summed E-state index contributed by atoms with van der Waals surface area (Å²) in [6, 6.07) is 7.18. The highest BCUT2D eigenvalue weighted by molar-refractivity contribution is 9.10. The fourth-order valence-corrected chi connectivity index (χ4v) is 3.27. The molecule has 142 valence electrons. The van der Waals surface area contributed by atoms with E-state index in [9.17, 15) is 18.0 Å². The number of anilines is 1. The Labute approximate surface area is 165 Å². The second kappa shape index (κ2) is 7.35. The normalized spacial score (nSPS) is 11.6. The molecule has 0 fully saturated rings. The molecule has 2 aromatic heterocycles. The largest absolute Gasteiger partial charge is 0.436 e. The fraction of sp³-hybridized carbons (Fsp3) is 0.188. The van der Waals surface area contributed by atoms with Gasteiger partial charge >= 0.3 is 6.18 Å². The number of hydrogen-bond donors (Lipinski definition) is 1. The number of alkyl halides is 3. The van der Waals surface area contributed by atoms with Crippen LogP contribution in [0.2, 0.25) is 5.02 Å². The second-order valence-corrected chi connectivity index (χ2v) is 6.87. The van der Waals surface area contributed by atoms with Crippen molar-refractivity contribution in [3.8, 4) is 0 Å². The molecule has 0 saturated heterocycles. The molecule has 0 saturated carbocycles. The van der Waals surface area contributed by atoms with Gasteiger partial charge in [-0.3, -0.25) is 14.2 Å². The molecule has 1 amide bonds. The van der Waals surface area contributed by atoms with E-state index in [0.717, 1.165) is 10.2 Å². The molecule has 0 unspecified atom stereocenters. The van der Waals surface area contributed by atoms with Crippen LogP contribution in [0.3, 0.4) is 0 Å². The van der Waals surface area contributed by atoms with Crippen LogP contribution in [0.4, 0.5) is 18.9 Å². The number of aromatic nitrogens is 4. The Hall–Kier alpha value is -2.33. The van der Waals surface area contributed by atoms with Crippen LogP contribution < -0.4 is 5.32 Å². The van der Waals surface area contributed by atoms with Crippen LogP contribution in [0.15, 0.2) is 41.1 Å². The number of halogens is 5. The number of aryl methyl sites for hydroxylation is 1. The molecule has 0 radical (unpaired) electrons. The Bertz CT molecular complexity index is 981. The first kappa shape index (κ1) is 19.4. The summed E-state index contributed by atoms with van der Waals surface area (Å²) in [7, 11) is 1.26. The van der Waals surface area contributed by atoms with Gasteiger partial charge in [0.25, 0.3) is 5.91 Å². The molecule has 11 heteroatoms. The first-order chi connectivity index (χ1) is 12.6. The topological polar surface area (TPSA) is 64.7 Å². The molecule has 2 heterocycles. The van der Waals surface area contributed by atoms with Gasteiger partial charge in [0.2, 0.25) is 0 Å². The molecule has 0 aliphatic rings. The molecule has 0 aliphatic carbocycles. The zero-order chi connectivity index (χ0) is 19.8. The average molecular weight is 463 g/mol. The van der Waals surface area contributed by atoms with Crippen molar-refractivity contribution in [2.24, 2.45) is 7.05 Å². The number of nitrogens with zero attached hydrogens (tertiary/aromatic N) is 4. The summed E-state index contributed by atoms with van der Waals surface area (Å²) in [5.74, 6) is -0.738. The Morgan fingerprint density at radius 1 is 1.30 bits per heavy atom. The SMILES string of the molecule is Cn1nc(C(F)(F)F)c(Br)c1C(=O)Nc1cnn(Cc2ccc(Cl)cc2)c1. The monoisotopic (exact) mass is 461 g/mol. The maximum absolute atomic E-state index is 12.9. The molecule has 3 aromatic rings. The Morgan fingerprint density at radius 3 is 2.56 bits per heavy atom. The smallest absolute Gasteiger partial charge is 0.318 e. The lowest BCUT2D eigenvalue weighted by atomic mass is 10.2. The Kier molecular flexibility index (Phi) is 5.29. The Balaban J connectivity index is 1.75. The van der Waals surface area contributed by atoms with Gasteiger partial charge in [0.15, 0.2) is 5.69 Å². The van der Waals surface area contributed by atoms with Gasteiger partial charge in [-0.15, -0.1) is 0 Å². The van der Waals surface area contributed by atoms with Crippen molar-refractivity contribution < 1.29 is 18.0 Å². The first-order valence-electron chi connectivity index (χ1n) is 7.53. The van der Waals surface area contributed by atoms with Gasteiger partial charge in [-0.25, -0.2) is 0 Å². The van der Waals surface area contributed by atoms with E-state index in [2.05, 4.69) is 31.4 Å². The third kappa shape index (κ3) is 4.33. The third-order valence-electron chi connectivity index (χ3n) is 3.62. The number of nitrogens with one attached hydrogen (secondary N) is 1. The summed E-state index contributed by atoms with van der Waals surface area (Å²) >= 11 is 8.65. The van der Waals surface area contributed by atoms with Crippen molar-refractivity contribution >= 4 is 39.1 Å². The van der Waals surface area contributed by atoms with E-state index in [0.29, 0.717) is 17.3 Å². The van der Waals surface area contributed by atoms with Crippen molar-refractivity contribution in [2.45, 2.75) is 12.7 Å². The van der Waals surface area contributed by atoms with E-state index in [4.69, 9.17) is 11.6 Å². The van der Waals surface area contributed by atoms with Gasteiger partial charge < -0.3 is 5.32 Å². The number of carbonyl (C=O) groups is 1. The zero-order valence-corrected chi connectivity index (χ0v) is 16.1. The number of rotatable bonds is 4. The van der Waals surface area contributed by atoms with Crippen molar-refractivity contribution in [3.05, 3.63) is 63.1 Å². The minimum Gasteiger partial charge on any atom is -0.318 e. The predicted molar refractivity (Wildman–Crippen MR) is 96.6 cm³/mol. The lowest BCUT2D eigenvalue weighted by Gasteiger charge is -2.04. The summed E-state index contributed by atoms with van der Waals surface area (Å²) in [5, 5.41) is 10.6. The highest BCUT2D eigenvalue weighted by atomic mass is 79.9. The average Bonchev–Trinajstić information content (AvgIpc) is 3.13. The molecule has 0 spiro atoms. The van der Waals surface area contributed by atoms with Crippen LogP contribution in [-0.4, -0.2) is 25.5 Å². The summed E-state index contributed by atoms with van der Waals surface area (Å²) in [5.41, 5.74) is -0.110. The van der Waals surface area contributed by atoms with Crippen molar-refractivity contribution in [1.82, 2.24) is 19.6 Å². The van der Waals surface area contributed by atoms with Crippen LogP contribution in [0, 0.1) is 0 Å². The summed E-state index contributed by atoms with van der Waals surface area (Å²) in [4.78, 5) is 12.4. The van der Waals surface area contributed by atoms with Crippen LogP contribution >= 0.6 is 27.5 Å². The summed E-state index contributed by atoms with van der Waals surface area (Å²) in [6.45, 7) is 0.445. The maximum atomic E-state index is 12.9. The van der Waals surface area contributed by atoms with Crippen molar-refractivity contribution in [3.63, 3.8) is 0 Å². The van der Waals surface area contributed by atoms with Gasteiger partial charge in [-0.1, -0.05) is 23.7 Å². The lowest BCUT2D eigenvalue weighted by molar-refractivity contribution is -0.142. The summed E-state index contributed by atoms with van der Waals surface area (Å²) < 4.78 is 40.8. The zero-order valence-electron chi connectivity index (χ0n) is 13.8. The van der Waals surface area contributed by atoms with Gasteiger partial charge in [-0.2, -0.15) is 23.4 Å². The lowest BCUT2D eigenvalue weighted by Crippen LogP contribution is -2.16. The second-order valence-electron chi connectivity index (χ2n) is 5.64. The van der Waals surface area contributed by atoms with Crippen molar-refractivity contribution in [2.75, 3.05) is 5.32 Å². The molecular formula is C16H12BrClF3N5O. The van der Waals surface area contributed by atoms with E-state index in [1.54, 1.807) is 23.0 Å². The highest BCUT2D eigenvalue weighted by Gasteiger charge is 2.39. The molecular weight excluding hydrogens is 451 g/mol. The first-order valence-corrected chi connectivity index (χ1v) is 8.70. The van der Waals surface area contributed by atoms with Crippen LogP contribution in [0.1, 0.15) is 21.7 Å². The molecule has 1 N–H and O–H groups in total. The molecule has 3 rings (SSSR count). The number of hydrogen-bond acceptors (Lipinski definition) is 3. The molecule has 0 bridgehead atoms. The van der Waals surface area contributed by atoms with Gasteiger partial charge in [0.05, 0.1) is 22.9 Å². The number of carbonyl (C=O) groups excluding carboxylic acids is 1. The highest BCUT2D eigenvalue weighted by Crippen LogP contribution is 2.35. The van der Waals surface area contributed by atoms with Gasteiger partial charge in [0, 0.05) is 18.3 Å². The van der Waals surface area contributed by atoms with E-state index < -0.39 is 22.3 Å². The molecule has 27 heavy (non-hydrogen) atoms. The standard InChI is InChI=1S/C16H12BrClF3N5O/c1-25-13(12(17)14(24-25)16(19,20)21)15(27)23-11-6-22-26(8-11)7-9-2-4-10(18)5-3-9/h2-6,8H,7H2,1H3,(H,23,27). The Morgan fingerprint density at radius 2 is 1.96 bits per heavy atom. The van der Waals surface area contributed by atoms with Crippen molar-refractivity contribution in [1.29, 1.82) is 0 Å². The van der Waals surface area contributed by atoms with Gasteiger partial charge in [-0.05, 0) is 33.6 Å². The van der Waals surface area contributed by atoms with Crippen LogP contribution in [0.25, 0.3) is 0 Å². The maximum Gasteiger partial charge on any atom is 0.436 e. The predicted octanol–water partition coefficient (Wildman–Crippen LogP) is 4.35. The molecule has 0 atom stereocenters. The van der Waals surface area contributed by atoms with E-state index in [1.165, 1.54) is 13.2 Å². The van der Waals surface area contributed by atoms with Crippen LogP contribution in [-0.2, 0) is 19.8 Å². The quantitative estimate of drug-likeness (QED) is 0.627. The van der Waals surface area contributed by atoms with Gasteiger partial charge in [0.1, 0.15) is 5.69 Å². The minimum atomic E-state index is -4.67. The van der Waals surface area contributed by atoms with E-state index >= 15 is 0 Å².